The van der Waals surface area contributed by atoms with E-state index in [2.05, 4.69) is 15.3 Å². The summed E-state index contributed by atoms with van der Waals surface area (Å²) in [6, 6.07) is 7.82. The second-order valence-corrected chi connectivity index (χ2v) is 3.60. The van der Waals surface area contributed by atoms with Gasteiger partial charge in [-0.2, -0.15) is 0 Å². The molecule has 0 aliphatic heterocycles. The molecule has 0 aliphatic rings. The van der Waals surface area contributed by atoms with Crippen molar-refractivity contribution in [1.82, 2.24) is 9.97 Å². The van der Waals surface area contributed by atoms with Crippen molar-refractivity contribution >= 4 is 5.82 Å². The molecular weight excluding hydrogens is 221 g/mol. The van der Waals surface area contributed by atoms with Crippen molar-refractivity contribution < 1.29 is 4.39 Å². The van der Waals surface area contributed by atoms with Crippen LogP contribution >= 0.6 is 0 Å². The molecule has 1 heterocycles. The number of benzene rings is 1. The Hall–Kier alpha value is -2.17. The van der Waals surface area contributed by atoms with Gasteiger partial charge in [-0.25, -0.2) is 9.37 Å². The summed E-state index contributed by atoms with van der Waals surface area (Å²) in [5.74, 6) is 0.280. The predicted octanol–water partition coefficient (Wildman–Crippen LogP) is 1.56. The molecule has 2 N–H and O–H groups in total. The lowest BCUT2D eigenvalue weighted by atomic mass is 10.1. The van der Waals surface area contributed by atoms with Crippen molar-refractivity contribution in [2.45, 2.75) is 6.42 Å². The van der Waals surface area contributed by atoms with Crippen LogP contribution in [-0.2, 0) is 6.42 Å². The highest BCUT2D eigenvalue weighted by Gasteiger charge is 1.97. The minimum Gasteiger partial charge on any atom is -0.370 e. The van der Waals surface area contributed by atoms with Crippen LogP contribution in [0.3, 0.4) is 0 Å². The highest BCUT2D eigenvalue weighted by atomic mass is 19.1. The molecule has 0 atom stereocenters. The van der Waals surface area contributed by atoms with Crippen LogP contribution < -0.4 is 10.9 Å². The van der Waals surface area contributed by atoms with Crippen molar-refractivity contribution in [2.24, 2.45) is 0 Å². The van der Waals surface area contributed by atoms with Gasteiger partial charge in [-0.3, -0.25) is 4.79 Å². The maximum absolute atomic E-state index is 12.9. The van der Waals surface area contributed by atoms with Crippen molar-refractivity contribution in [3.63, 3.8) is 0 Å². The van der Waals surface area contributed by atoms with Gasteiger partial charge in [-0.1, -0.05) is 12.1 Å². The minimum absolute atomic E-state index is 0.201. The number of nitrogens with one attached hydrogen (secondary N) is 2. The number of hydrogen-bond donors (Lipinski definition) is 2. The van der Waals surface area contributed by atoms with E-state index in [1.807, 2.05) is 6.07 Å². The lowest BCUT2D eigenvalue weighted by molar-refractivity contribution is 0.625. The molecule has 0 saturated carbocycles. The Morgan fingerprint density at radius 2 is 2.24 bits per heavy atom. The first kappa shape index (κ1) is 11.3. The number of rotatable bonds is 4. The van der Waals surface area contributed by atoms with Crippen LogP contribution in [0.2, 0.25) is 0 Å². The normalized spacial score (nSPS) is 10.2. The maximum Gasteiger partial charge on any atom is 0.252 e. The van der Waals surface area contributed by atoms with Gasteiger partial charge < -0.3 is 10.3 Å². The van der Waals surface area contributed by atoms with Crippen LogP contribution in [0.1, 0.15) is 5.56 Å². The molecule has 0 fully saturated rings. The number of H-pyrrole nitrogens is 1. The second kappa shape index (κ2) is 5.25. The SMILES string of the molecule is O=c1cc(NCCc2cccc(F)c2)nc[nH]1. The first-order valence-electron chi connectivity index (χ1n) is 5.27. The Labute approximate surface area is 97.5 Å². The Bertz CT molecular complexity index is 553. The zero-order chi connectivity index (χ0) is 12.1. The summed E-state index contributed by atoms with van der Waals surface area (Å²) in [6.45, 7) is 0.597. The highest BCUT2D eigenvalue weighted by molar-refractivity contribution is 5.32. The predicted molar refractivity (Wildman–Crippen MR) is 63.5 cm³/mol. The third kappa shape index (κ3) is 3.41. The van der Waals surface area contributed by atoms with Crippen molar-refractivity contribution in [2.75, 3.05) is 11.9 Å². The van der Waals surface area contributed by atoms with Gasteiger partial charge in [-0.15, -0.1) is 0 Å². The molecule has 0 unspecified atom stereocenters. The quantitative estimate of drug-likeness (QED) is 0.842. The molecule has 0 spiro atoms. The third-order valence-corrected chi connectivity index (χ3v) is 2.29. The van der Waals surface area contributed by atoms with Gasteiger partial charge in [0.15, 0.2) is 0 Å². The van der Waals surface area contributed by atoms with Gasteiger partial charge in [0.25, 0.3) is 5.56 Å². The smallest absolute Gasteiger partial charge is 0.252 e. The van der Waals surface area contributed by atoms with Gasteiger partial charge in [0.05, 0.1) is 6.33 Å². The standard InChI is InChI=1S/C12H12FN3O/c13-10-3-1-2-9(6-10)4-5-14-11-7-12(17)16-8-15-11/h1-3,6-8H,4-5H2,(H2,14,15,16,17). The Balaban J connectivity index is 1.90. The number of nitrogens with zero attached hydrogens (tertiary/aromatic N) is 1. The Kier molecular flexibility index (Phi) is 3.49. The molecule has 2 aromatic rings. The summed E-state index contributed by atoms with van der Waals surface area (Å²) in [5, 5.41) is 3.00. The van der Waals surface area contributed by atoms with E-state index in [4.69, 9.17) is 0 Å². The molecule has 88 valence electrons. The van der Waals surface area contributed by atoms with E-state index in [0.717, 1.165) is 5.56 Å². The van der Waals surface area contributed by atoms with Gasteiger partial charge in [0, 0.05) is 12.6 Å². The monoisotopic (exact) mass is 233 g/mol. The molecule has 1 aromatic carbocycles. The van der Waals surface area contributed by atoms with E-state index in [-0.39, 0.29) is 11.4 Å². The number of halogens is 1. The molecule has 0 amide bonds. The fraction of sp³-hybridized carbons (Fsp3) is 0.167. The summed E-state index contributed by atoms with van der Waals surface area (Å²) in [5.41, 5.74) is 0.704. The lowest BCUT2D eigenvalue weighted by Crippen LogP contribution is -2.11. The summed E-state index contributed by atoms with van der Waals surface area (Å²) in [7, 11) is 0. The molecule has 5 heteroatoms. The molecule has 0 radical (unpaired) electrons. The van der Waals surface area contributed by atoms with Crippen molar-refractivity contribution in [3.05, 3.63) is 58.4 Å². The third-order valence-electron chi connectivity index (χ3n) is 2.29. The van der Waals surface area contributed by atoms with Crippen LogP contribution in [-0.4, -0.2) is 16.5 Å². The van der Waals surface area contributed by atoms with Crippen LogP contribution in [0.4, 0.5) is 10.2 Å². The second-order valence-electron chi connectivity index (χ2n) is 3.60. The van der Waals surface area contributed by atoms with E-state index in [1.165, 1.54) is 24.5 Å². The first-order chi connectivity index (χ1) is 8.24. The zero-order valence-electron chi connectivity index (χ0n) is 9.11. The molecule has 0 bridgehead atoms. The minimum atomic E-state index is -0.239. The number of hydrogen-bond acceptors (Lipinski definition) is 3. The average molecular weight is 233 g/mol. The first-order valence-corrected chi connectivity index (χ1v) is 5.27. The maximum atomic E-state index is 12.9. The lowest BCUT2D eigenvalue weighted by Gasteiger charge is -2.04. The molecular formula is C12H12FN3O. The molecule has 0 saturated heterocycles. The summed E-state index contributed by atoms with van der Waals surface area (Å²) in [4.78, 5) is 17.4. The topological polar surface area (TPSA) is 57.8 Å². The molecule has 4 nitrogen and oxygen atoms in total. The summed E-state index contributed by atoms with van der Waals surface area (Å²) >= 11 is 0. The van der Waals surface area contributed by atoms with Crippen LogP contribution in [0, 0.1) is 5.82 Å². The highest BCUT2D eigenvalue weighted by Crippen LogP contribution is 2.04. The largest absolute Gasteiger partial charge is 0.370 e. The number of anilines is 1. The van der Waals surface area contributed by atoms with E-state index >= 15 is 0 Å². The van der Waals surface area contributed by atoms with Crippen LogP contribution in [0.5, 0.6) is 0 Å². The van der Waals surface area contributed by atoms with Gasteiger partial charge in [0.2, 0.25) is 0 Å². The molecule has 2 rings (SSSR count). The fourth-order valence-corrected chi connectivity index (χ4v) is 1.49. The summed E-state index contributed by atoms with van der Waals surface area (Å²) in [6.07, 6.45) is 2.01. The fourth-order valence-electron chi connectivity index (χ4n) is 1.49. The zero-order valence-corrected chi connectivity index (χ0v) is 9.11. The van der Waals surface area contributed by atoms with E-state index in [9.17, 15) is 9.18 Å². The van der Waals surface area contributed by atoms with E-state index < -0.39 is 0 Å². The van der Waals surface area contributed by atoms with E-state index in [1.54, 1.807) is 6.07 Å². The van der Waals surface area contributed by atoms with E-state index in [0.29, 0.717) is 18.8 Å². The van der Waals surface area contributed by atoms with Gasteiger partial charge >= 0.3 is 0 Å². The number of aromatic amines is 1. The summed E-state index contributed by atoms with van der Waals surface area (Å²) < 4.78 is 12.9. The van der Waals surface area contributed by atoms with Crippen molar-refractivity contribution in [1.29, 1.82) is 0 Å². The van der Waals surface area contributed by atoms with Crippen LogP contribution in [0.15, 0.2) is 41.5 Å². The van der Waals surface area contributed by atoms with Crippen LogP contribution in [0.25, 0.3) is 0 Å². The van der Waals surface area contributed by atoms with Gasteiger partial charge in [0.1, 0.15) is 11.6 Å². The van der Waals surface area contributed by atoms with Gasteiger partial charge in [-0.05, 0) is 24.1 Å². The molecule has 0 aliphatic carbocycles. The molecule has 17 heavy (non-hydrogen) atoms. The van der Waals surface area contributed by atoms with Crippen molar-refractivity contribution in [3.8, 4) is 0 Å². The number of aromatic nitrogens is 2. The average Bonchev–Trinajstić information content (AvgIpc) is 2.29. The Morgan fingerprint density at radius 1 is 1.35 bits per heavy atom. The Morgan fingerprint density at radius 3 is 3.00 bits per heavy atom. The molecule has 1 aromatic heterocycles.